The highest BCUT2D eigenvalue weighted by atomic mass is 16.5. The lowest BCUT2D eigenvalue weighted by Gasteiger charge is -2.32. The molecule has 1 aliphatic rings. The molecule has 33 heavy (non-hydrogen) atoms. The van der Waals surface area contributed by atoms with Gasteiger partial charge in [-0.25, -0.2) is 0 Å². The largest absolute Gasteiger partial charge is 0.507 e. The number of phenols is 1. The third-order valence-corrected chi connectivity index (χ3v) is 6.17. The van der Waals surface area contributed by atoms with Crippen molar-refractivity contribution in [2.24, 2.45) is 0 Å². The number of aromatic hydroxyl groups is 1. The van der Waals surface area contributed by atoms with Gasteiger partial charge in [-0.1, -0.05) is 13.0 Å². The van der Waals surface area contributed by atoms with E-state index in [0.29, 0.717) is 34.8 Å². The van der Waals surface area contributed by atoms with Crippen LogP contribution in [0, 0.1) is 0 Å². The van der Waals surface area contributed by atoms with Crippen LogP contribution in [-0.2, 0) is 5.60 Å². The Labute approximate surface area is 193 Å². The lowest BCUT2D eigenvalue weighted by molar-refractivity contribution is 0.0370. The van der Waals surface area contributed by atoms with Gasteiger partial charge >= 0.3 is 0 Å². The van der Waals surface area contributed by atoms with Crippen LogP contribution in [0.5, 0.6) is 17.2 Å². The van der Waals surface area contributed by atoms with Crippen molar-refractivity contribution < 1.29 is 28.9 Å². The third-order valence-electron chi connectivity index (χ3n) is 6.17. The Bertz CT molecular complexity index is 1260. The first-order chi connectivity index (χ1) is 15.4. The van der Waals surface area contributed by atoms with Crippen LogP contribution in [0.3, 0.4) is 0 Å². The van der Waals surface area contributed by atoms with Gasteiger partial charge in [-0.15, -0.1) is 0 Å². The number of furan rings is 1. The Balaban J connectivity index is 1.65. The molecule has 0 radical (unpaired) electrons. The maximum atomic E-state index is 11.7. The molecule has 6 nitrogen and oxygen atoms in total. The molecule has 3 aromatic rings. The van der Waals surface area contributed by atoms with E-state index >= 15 is 0 Å². The van der Waals surface area contributed by atoms with E-state index in [9.17, 15) is 15.0 Å². The van der Waals surface area contributed by atoms with Gasteiger partial charge < -0.3 is 24.1 Å². The van der Waals surface area contributed by atoms with Crippen LogP contribution in [0.2, 0.25) is 0 Å². The molecule has 0 amide bonds. The summed E-state index contributed by atoms with van der Waals surface area (Å²) in [7, 11) is 1.58. The molecule has 2 N–H and O–H groups in total. The summed E-state index contributed by atoms with van der Waals surface area (Å²) in [6.45, 7) is 9.10. The summed E-state index contributed by atoms with van der Waals surface area (Å²) in [5, 5.41) is 22.3. The number of aliphatic hydroxyl groups is 1. The minimum absolute atomic E-state index is 0.104. The van der Waals surface area contributed by atoms with Gasteiger partial charge in [-0.2, -0.15) is 0 Å². The Kier molecular flexibility index (Phi) is 5.53. The van der Waals surface area contributed by atoms with Gasteiger partial charge in [0.2, 0.25) is 0 Å². The number of ether oxygens (including phenoxy) is 2. The fraction of sp³-hybridized carbons (Fsp3) is 0.370. The molecule has 0 aliphatic carbocycles. The zero-order chi connectivity index (χ0) is 24.1. The molecule has 0 fully saturated rings. The van der Waals surface area contributed by atoms with E-state index in [0.717, 1.165) is 10.9 Å². The molecule has 174 valence electrons. The second kappa shape index (κ2) is 7.96. The van der Waals surface area contributed by atoms with E-state index in [4.69, 9.17) is 13.9 Å². The number of ketones is 1. The minimum Gasteiger partial charge on any atom is -0.507 e. The summed E-state index contributed by atoms with van der Waals surface area (Å²) in [5.74, 6) is 1.46. The predicted octanol–water partition coefficient (Wildman–Crippen LogP) is 5.94. The molecule has 1 aromatic heterocycles. The zero-order valence-corrected chi connectivity index (χ0v) is 19.9. The molecular formula is C27H30O6. The Morgan fingerprint density at radius 1 is 1.21 bits per heavy atom. The van der Waals surface area contributed by atoms with Crippen LogP contribution in [0.25, 0.3) is 17.0 Å². The normalized spacial score (nSPS) is 17.2. The topological polar surface area (TPSA) is 89.1 Å². The average molecular weight is 451 g/mol. The van der Waals surface area contributed by atoms with Crippen molar-refractivity contribution in [1.82, 2.24) is 0 Å². The van der Waals surface area contributed by atoms with Crippen molar-refractivity contribution in [3.63, 3.8) is 0 Å². The maximum Gasteiger partial charge on any atom is 0.163 e. The molecule has 0 spiro atoms. The van der Waals surface area contributed by atoms with Crippen molar-refractivity contribution in [3.05, 3.63) is 58.9 Å². The summed E-state index contributed by atoms with van der Waals surface area (Å²) in [6, 6.07) is 8.67. The first kappa shape index (κ1) is 22.9. The number of hydrogen-bond acceptors (Lipinski definition) is 6. The number of fused-ring (bicyclic) bond motifs is 2. The monoisotopic (exact) mass is 450 g/mol. The molecule has 0 bridgehead atoms. The smallest absolute Gasteiger partial charge is 0.163 e. The van der Waals surface area contributed by atoms with E-state index in [-0.39, 0.29) is 23.0 Å². The molecule has 2 heterocycles. The third kappa shape index (κ3) is 4.35. The molecule has 6 heteroatoms. The molecule has 0 saturated carbocycles. The Morgan fingerprint density at radius 2 is 1.94 bits per heavy atom. The lowest BCUT2D eigenvalue weighted by atomic mass is 9.84. The predicted molar refractivity (Wildman–Crippen MR) is 127 cm³/mol. The highest BCUT2D eigenvalue weighted by molar-refractivity contribution is 6.00. The Hall–Kier alpha value is -3.25. The van der Waals surface area contributed by atoms with Crippen LogP contribution >= 0.6 is 0 Å². The molecular weight excluding hydrogens is 420 g/mol. The quantitative estimate of drug-likeness (QED) is 0.452. The van der Waals surface area contributed by atoms with Crippen LogP contribution in [0.15, 0.2) is 40.8 Å². The molecule has 4 rings (SSSR count). The minimum atomic E-state index is -1.22. The maximum absolute atomic E-state index is 11.7. The van der Waals surface area contributed by atoms with Gasteiger partial charge in [0.1, 0.15) is 34.2 Å². The van der Waals surface area contributed by atoms with E-state index in [1.165, 1.54) is 13.0 Å². The molecule has 0 saturated heterocycles. The second-order valence-electron chi connectivity index (χ2n) is 9.62. The molecule has 1 aliphatic heterocycles. The number of rotatable bonds is 6. The lowest BCUT2D eigenvalue weighted by Crippen LogP contribution is -2.28. The first-order valence-corrected chi connectivity index (χ1v) is 11.0. The van der Waals surface area contributed by atoms with Gasteiger partial charge in [-0.05, 0) is 58.4 Å². The molecule has 2 aromatic carbocycles. The van der Waals surface area contributed by atoms with Gasteiger partial charge in [0, 0.05) is 34.6 Å². The zero-order valence-electron chi connectivity index (χ0n) is 19.9. The van der Waals surface area contributed by atoms with Gasteiger partial charge in [0.05, 0.1) is 18.3 Å². The van der Waals surface area contributed by atoms with Gasteiger partial charge in [0.15, 0.2) is 5.78 Å². The number of carbonyl (C=O) groups excluding carboxylic acids is 1. The number of carbonyl (C=O) groups is 1. The Morgan fingerprint density at radius 3 is 2.61 bits per heavy atom. The summed E-state index contributed by atoms with van der Waals surface area (Å²) >= 11 is 0. The number of phenolic OH excluding ortho intramolecular Hbond substituents is 1. The van der Waals surface area contributed by atoms with E-state index in [2.05, 4.69) is 0 Å². The van der Waals surface area contributed by atoms with Crippen LogP contribution < -0.4 is 9.47 Å². The summed E-state index contributed by atoms with van der Waals surface area (Å²) in [4.78, 5) is 11.7. The second-order valence-corrected chi connectivity index (χ2v) is 9.62. The standard InChI is InChI=1S/C27H30O6/c1-15(22-11-18-9-19(16(2)28)21(29)12-23(18)32-22)14-27(5,30)20-10-17-7-8-26(3,4)33-24(17)13-25(20)31-6/h7-13,15,29-30H,14H2,1-6H3. The highest BCUT2D eigenvalue weighted by Crippen LogP contribution is 2.43. The van der Waals surface area contributed by atoms with Gasteiger partial charge in [0.25, 0.3) is 0 Å². The van der Waals surface area contributed by atoms with E-state index in [1.54, 1.807) is 20.1 Å². The number of hydrogen-bond donors (Lipinski definition) is 2. The van der Waals surface area contributed by atoms with Crippen LogP contribution in [0.1, 0.15) is 74.2 Å². The van der Waals surface area contributed by atoms with Crippen LogP contribution in [-0.4, -0.2) is 28.7 Å². The van der Waals surface area contributed by atoms with Crippen LogP contribution in [0.4, 0.5) is 0 Å². The number of Topliss-reactive ketones (excluding diaryl/α,β-unsaturated/α-hetero) is 1. The molecule has 2 atom stereocenters. The van der Waals surface area contributed by atoms with E-state index in [1.807, 2.05) is 51.1 Å². The number of methoxy groups -OCH3 is 1. The van der Waals surface area contributed by atoms with Crippen molar-refractivity contribution in [2.75, 3.05) is 7.11 Å². The van der Waals surface area contributed by atoms with Crippen molar-refractivity contribution in [3.8, 4) is 17.2 Å². The summed E-state index contributed by atoms with van der Waals surface area (Å²) < 4.78 is 17.6. The summed E-state index contributed by atoms with van der Waals surface area (Å²) in [5.41, 5.74) is 0.674. The first-order valence-electron chi connectivity index (χ1n) is 11.0. The highest BCUT2D eigenvalue weighted by Gasteiger charge is 2.33. The fourth-order valence-electron chi connectivity index (χ4n) is 4.42. The van der Waals surface area contributed by atoms with Crippen molar-refractivity contribution >= 4 is 22.8 Å². The van der Waals surface area contributed by atoms with Crippen molar-refractivity contribution in [1.29, 1.82) is 0 Å². The number of benzene rings is 2. The summed E-state index contributed by atoms with van der Waals surface area (Å²) in [6.07, 6.45) is 4.35. The average Bonchev–Trinajstić information content (AvgIpc) is 3.14. The SMILES string of the molecule is COc1cc2c(cc1C(C)(O)CC(C)c1cc3cc(C(C)=O)c(O)cc3o1)C=CC(C)(C)O2. The van der Waals surface area contributed by atoms with Crippen molar-refractivity contribution in [2.45, 2.75) is 58.2 Å². The fourth-order valence-corrected chi connectivity index (χ4v) is 4.42. The van der Waals surface area contributed by atoms with E-state index < -0.39 is 11.2 Å². The molecule has 2 unspecified atom stereocenters. The van der Waals surface area contributed by atoms with Gasteiger partial charge in [-0.3, -0.25) is 4.79 Å².